The van der Waals surface area contributed by atoms with Crippen molar-refractivity contribution in [2.45, 2.75) is 83.8 Å². The zero-order valence-electron chi connectivity index (χ0n) is 35.9. The number of hydrogen-bond acceptors (Lipinski definition) is 9. The van der Waals surface area contributed by atoms with Gasteiger partial charge in [0, 0.05) is 65.9 Å². The summed E-state index contributed by atoms with van der Waals surface area (Å²) in [7, 11) is 9.17. The van der Waals surface area contributed by atoms with Gasteiger partial charge in [-0.15, -0.1) is 0 Å². The van der Waals surface area contributed by atoms with Crippen molar-refractivity contribution in [3.8, 4) is 16.9 Å². The van der Waals surface area contributed by atoms with Crippen LogP contribution in [-0.4, -0.2) is 106 Å². The van der Waals surface area contributed by atoms with Gasteiger partial charge in [-0.1, -0.05) is 56.2 Å². The third kappa shape index (κ3) is 9.37. The van der Waals surface area contributed by atoms with E-state index >= 15 is 4.39 Å². The molecule has 0 radical (unpaired) electrons. The Hall–Kier alpha value is -4.72. The second kappa shape index (κ2) is 18.3. The summed E-state index contributed by atoms with van der Waals surface area (Å²) < 4.78 is 22.2. The van der Waals surface area contributed by atoms with E-state index in [9.17, 15) is 20.2 Å². The molecule has 2 amide bonds. The van der Waals surface area contributed by atoms with Gasteiger partial charge in [-0.3, -0.25) is 14.4 Å². The van der Waals surface area contributed by atoms with Gasteiger partial charge in [0.25, 0.3) is 5.91 Å². The van der Waals surface area contributed by atoms with Crippen molar-refractivity contribution in [3.05, 3.63) is 93.6 Å². The van der Waals surface area contributed by atoms with Crippen molar-refractivity contribution in [1.29, 1.82) is 0 Å². The number of carbonyl (C=O) groups is 2. The van der Waals surface area contributed by atoms with Crippen molar-refractivity contribution >= 4 is 17.5 Å². The summed E-state index contributed by atoms with van der Waals surface area (Å²) in [5.74, 6) is -0.499. The molecule has 9 atom stereocenters. The van der Waals surface area contributed by atoms with Crippen molar-refractivity contribution in [2.24, 2.45) is 34.2 Å². The Morgan fingerprint density at radius 2 is 1.85 bits per heavy atom. The number of ether oxygens (including phenoxy) is 1. The number of amides is 2. The molecule has 318 valence electrons. The van der Waals surface area contributed by atoms with Crippen LogP contribution in [0, 0.1) is 34.9 Å². The van der Waals surface area contributed by atoms with Crippen LogP contribution >= 0.6 is 0 Å². The van der Waals surface area contributed by atoms with E-state index < -0.39 is 30.0 Å². The fourth-order valence-corrected chi connectivity index (χ4v) is 9.89. The molecule has 3 saturated carbocycles. The third-order valence-electron chi connectivity index (χ3n) is 13.2. The number of anilines is 1. The lowest BCUT2D eigenvalue weighted by molar-refractivity contribution is -0.176. The van der Waals surface area contributed by atoms with Crippen molar-refractivity contribution < 1.29 is 28.7 Å². The first-order valence-corrected chi connectivity index (χ1v) is 20.6. The highest BCUT2D eigenvalue weighted by molar-refractivity contribution is 5.97. The number of rotatable bonds is 16. The molecule has 3 aromatic carbocycles. The van der Waals surface area contributed by atoms with Crippen LogP contribution < -0.4 is 20.3 Å². The van der Waals surface area contributed by atoms with E-state index in [4.69, 9.17) is 9.57 Å². The summed E-state index contributed by atoms with van der Waals surface area (Å²) in [6, 6.07) is 17.2. The minimum Gasteiger partial charge on any atom is -0.496 e. The van der Waals surface area contributed by atoms with Crippen LogP contribution in [0.4, 0.5) is 10.1 Å². The van der Waals surface area contributed by atoms with E-state index in [0.29, 0.717) is 41.5 Å². The molecule has 1 heterocycles. The molecule has 0 spiro atoms. The summed E-state index contributed by atoms with van der Waals surface area (Å²) >= 11 is 0. The Labute approximate surface area is 347 Å². The van der Waals surface area contributed by atoms with Gasteiger partial charge in [-0.05, 0) is 110 Å². The van der Waals surface area contributed by atoms with Crippen LogP contribution in [0.25, 0.3) is 21.6 Å². The van der Waals surface area contributed by atoms with Gasteiger partial charge in [-0.25, -0.2) is 4.39 Å². The maximum atomic E-state index is 16.2. The van der Waals surface area contributed by atoms with Crippen LogP contribution in [0.2, 0.25) is 0 Å². The molecule has 1 aliphatic heterocycles. The van der Waals surface area contributed by atoms with E-state index in [1.54, 1.807) is 19.1 Å². The van der Waals surface area contributed by atoms with Crippen LogP contribution in [0.1, 0.15) is 62.0 Å². The minimum absolute atomic E-state index is 0.0616. The molecule has 1 saturated heterocycles. The monoisotopic (exact) mass is 812 g/mol. The highest BCUT2D eigenvalue weighted by Crippen LogP contribution is 2.61. The summed E-state index contributed by atoms with van der Waals surface area (Å²) in [4.78, 5) is 41.6. The van der Waals surface area contributed by atoms with Crippen LogP contribution in [0.15, 0.2) is 65.8 Å². The molecular weight excluding hydrogens is 752 g/mol. The van der Waals surface area contributed by atoms with E-state index in [2.05, 4.69) is 41.4 Å². The van der Waals surface area contributed by atoms with Gasteiger partial charge in [0.05, 0.1) is 32.4 Å². The highest BCUT2D eigenvalue weighted by atomic mass is 19.1. The van der Waals surface area contributed by atoms with Crippen LogP contribution in [-0.2, 0) is 22.6 Å². The molecule has 0 aromatic heterocycles. The number of methoxy groups -OCH3 is 1. The van der Waals surface area contributed by atoms with Gasteiger partial charge < -0.3 is 30.3 Å². The normalized spacial score (nSPS) is 25.7. The number of hydroxylamine groups is 2. The average molecular weight is 813 g/mol. The number of aliphatic hydroxyl groups excluding tert-OH is 1. The average Bonchev–Trinajstić information content (AvgIpc) is 3.56. The SMILES string of the molecule is COc1c(-c2cc(C(=O)N[C@@H](Cc3ccccc3)CN(C)C)cc(N(C)C)c2)ccc(F)c1CN1O[C@@H](CN=[N+]=[N-])[C@@H]([C@H](C)O)[C@H]1C(=O)N[C@H]1C[C@@H]2C[C@H]([C@@H]1C)C2(C)C. The molecule has 3 aromatic rings. The van der Waals surface area contributed by atoms with Crippen molar-refractivity contribution in [3.63, 3.8) is 0 Å². The Morgan fingerprint density at radius 3 is 2.46 bits per heavy atom. The molecular formula is C45H61FN8O5. The lowest BCUT2D eigenvalue weighted by Gasteiger charge is -2.62. The fraction of sp³-hybridized carbons (Fsp3) is 0.556. The van der Waals surface area contributed by atoms with Crippen LogP contribution in [0.5, 0.6) is 5.75 Å². The van der Waals surface area contributed by atoms with Gasteiger partial charge in [0.1, 0.15) is 17.6 Å². The maximum absolute atomic E-state index is 16.2. The number of benzene rings is 3. The number of azide groups is 1. The molecule has 2 bridgehead atoms. The molecule has 7 rings (SSSR count). The van der Waals surface area contributed by atoms with Gasteiger partial charge in [0.15, 0.2) is 0 Å². The van der Waals surface area contributed by atoms with Crippen molar-refractivity contribution in [2.75, 3.05) is 53.3 Å². The highest BCUT2D eigenvalue weighted by Gasteiger charge is 2.57. The lowest BCUT2D eigenvalue weighted by atomic mass is 9.45. The number of halogens is 1. The van der Waals surface area contributed by atoms with Crippen LogP contribution in [0.3, 0.4) is 0 Å². The third-order valence-corrected chi connectivity index (χ3v) is 13.2. The van der Waals surface area contributed by atoms with E-state index in [0.717, 1.165) is 24.1 Å². The largest absolute Gasteiger partial charge is 0.496 e. The number of likely N-dealkylation sites (N-methyl/N-ethyl adjacent to an activating group) is 1. The predicted molar refractivity (Wildman–Crippen MR) is 227 cm³/mol. The second-order valence-electron chi connectivity index (χ2n) is 17.9. The standard InChI is InChI=1S/C45H61FN8O5/c1-26-36-21-31(45(36,3)4)22-38(26)50-44(57)41-40(27(2)55)39(23-48-51-47)59-54(41)25-35-37(46)16-15-34(42(35)58-9)29-18-30(20-33(19-29)53(7)8)43(56)49-32(24-52(5)6)17-28-13-11-10-12-14-28/h10-16,18-20,26-27,31-32,36,38-41,55H,17,21-25H2,1-9H3,(H,49,56)(H,50,57)/t26-,27-,31-,32-,36+,38-,39-,40+,41-/m0/s1. The number of aliphatic hydroxyl groups is 1. The molecule has 4 aliphatic rings. The number of hydrogen-bond donors (Lipinski definition) is 3. The Bertz CT molecular complexity index is 2020. The summed E-state index contributed by atoms with van der Waals surface area (Å²) in [5.41, 5.74) is 13.0. The molecule has 0 unspecified atom stereocenters. The minimum atomic E-state index is -1.03. The fourth-order valence-electron chi connectivity index (χ4n) is 9.89. The summed E-state index contributed by atoms with van der Waals surface area (Å²) in [6.45, 7) is 8.65. The van der Waals surface area contributed by atoms with Gasteiger partial charge >= 0.3 is 0 Å². The van der Waals surface area contributed by atoms with Gasteiger partial charge in [-0.2, -0.15) is 5.06 Å². The number of fused-ring (bicyclic) bond motifs is 2. The van der Waals surface area contributed by atoms with E-state index in [1.165, 1.54) is 18.2 Å². The second-order valence-corrected chi connectivity index (χ2v) is 17.9. The lowest BCUT2D eigenvalue weighted by Crippen LogP contribution is -2.62. The molecule has 59 heavy (non-hydrogen) atoms. The number of nitrogens with one attached hydrogen (secondary N) is 2. The first-order chi connectivity index (χ1) is 28.0. The maximum Gasteiger partial charge on any atom is 0.251 e. The van der Waals surface area contributed by atoms with E-state index in [1.807, 2.05) is 80.5 Å². The quantitative estimate of drug-likeness (QED) is 0.0848. The predicted octanol–water partition coefficient (Wildman–Crippen LogP) is 6.45. The number of nitrogens with zero attached hydrogens (tertiary/aromatic N) is 6. The molecule has 4 fully saturated rings. The summed E-state index contributed by atoms with van der Waals surface area (Å²) in [6.07, 6.45) is 0.786. The number of carbonyl (C=O) groups excluding carboxylic acids is 2. The summed E-state index contributed by atoms with van der Waals surface area (Å²) in [5, 5.41) is 22.8. The molecule has 14 heteroatoms. The smallest absolute Gasteiger partial charge is 0.251 e. The Morgan fingerprint density at radius 1 is 1.12 bits per heavy atom. The molecule has 13 nitrogen and oxygen atoms in total. The van der Waals surface area contributed by atoms with E-state index in [-0.39, 0.29) is 59.6 Å². The zero-order valence-corrected chi connectivity index (χ0v) is 35.9. The van der Waals surface area contributed by atoms with Gasteiger partial charge in [0.2, 0.25) is 5.91 Å². The topological polar surface area (TPSA) is 155 Å². The molecule has 3 aliphatic carbocycles. The first kappa shape index (κ1) is 43.8. The first-order valence-electron chi connectivity index (χ1n) is 20.6. The Kier molecular flexibility index (Phi) is 13.6. The Balaban J connectivity index is 1.33. The van der Waals surface area contributed by atoms with Crippen molar-refractivity contribution in [1.82, 2.24) is 20.6 Å². The molecule has 3 N–H and O–H groups in total. The zero-order chi connectivity index (χ0) is 42.8.